The fraction of sp³-hybridized carbons (Fsp3) is 0.367. The average Bonchev–Trinajstić information content (AvgIpc) is 3.21. The van der Waals surface area contributed by atoms with Gasteiger partial charge >= 0.3 is 6.09 Å². The molecule has 1 aliphatic carbocycles. The molecule has 6 rings (SSSR count). The Morgan fingerprint density at radius 3 is 2.08 bits per heavy atom. The molecular formula is C30H28F3NO3. The van der Waals surface area contributed by atoms with Crippen LogP contribution in [-0.2, 0) is 11.2 Å². The Balaban J connectivity index is 1.18. The van der Waals surface area contributed by atoms with E-state index >= 15 is 0 Å². The maximum Gasteiger partial charge on any atom is 0.410 e. The topological polar surface area (TPSA) is 49.8 Å². The van der Waals surface area contributed by atoms with Gasteiger partial charge in [-0.3, -0.25) is 0 Å². The molecule has 2 aliphatic heterocycles. The van der Waals surface area contributed by atoms with E-state index in [1.54, 1.807) is 4.90 Å². The van der Waals surface area contributed by atoms with Crippen LogP contribution in [0.1, 0.15) is 54.7 Å². The van der Waals surface area contributed by atoms with Gasteiger partial charge in [-0.05, 0) is 66.5 Å². The van der Waals surface area contributed by atoms with E-state index in [-0.39, 0.29) is 43.9 Å². The summed E-state index contributed by atoms with van der Waals surface area (Å²) in [4.78, 5) is 15.1. The van der Waals surface area contributed by atoms with Crippen LogP contribution in [0.2, 0.25) is 0 Å². The Kier molecular flexibility index (Phi) is 5.98. The number of fused-ring (bicyclic) bond motifs is 5. The number of aliphatic hydroxyl groups is 1. The highest BCUT2D eigenvalue weighted by Gasteiger charge is 2.48. The predicted octanol–water partition coefficient (Wildman–Crippen LogP) is 6.34. The number of benzene rings is 3. The van der Waals surface area contributed by atoms with Gasteiger partial charge in [0.2, 0.25) is 0 Å². The maximum absolute atomic E-state index is 14.3. The van der Waals surface area contributed by atoms with Crippen LogP contribution in [-0.4, -0.2) is 40.4 Å². The summed E-state index contributed by atoms with van der Waals surface area (Å²) >= 11 is 0. The fourth-order valence-corrected chi connectivity index (χ4v) is 6.70. The lowest BCUT2D eigenvalue weighted by atomic mass is 9.73. The van der Waals surface area contributed by atoms with Gasteiger partial charge in [0.1, 0.15) is 12.4 Å². The molecule has 3 aromatic carbocycles. The molecule has 3 aliphatic rings. The van der Waals surface area contributed by atoms with Crippen LogP contribution >= 0.6 is 0 Å². The van der Waals surface area contributed by atoms with Crippen LogP contribution in [0.25, 0.3) is 11.1 Å². The SMILES string of the molecule is O=C(OCC1c2ccccc2-c2ccccc21)N1C2CCCC1CC(O)(Cc1c(F)ccc(F)c1F)C2. The van der Waals surface area contributed by atoms with Crippen LogP contribution in [0.4, 0.5) is 18.0 Å². The Labute approximate surface area is 213 Å². The molecule has 0 spiro atoms. The van der Waals surface area contributed by atoms with Gasteiger partial charge < -0.3 is 14.7 Å². The number of hydrogen-bond donors (Lipinski definition) is 1. The summed E-state index contributed by atoms with van der Waals surface area (Å²) in [6.07, 6.45) is 1.76. The quantitative estimate of drug-likeness (QED) is 0.419. The summed E-state index contributed by atoms with van der Waals surface area (Å²) in [5.41, 5.74) is 2.67. The van der Waals surface area contributed by atoms with Crippen molar-refractivity contribution in [1.29, 1.82) is 0 Å². The smallest absolute Gasteiger partial charge is 0.410 e. The second kappa shape index (κ2) is 9.21. The number of ether oxygens (including phenoxy) is 1. The van der Waals surface area contributed by atoms with Crippen LogP contribution in [0.3, 0.4) is 0 Å². The minimum Gasteiger partial charge on any atom is -0.448 e. The number of piperidine rings is 2. The first kappa shape index (κ1) is 24.0. The highest BCUT2D eigenvalue weighted by molar-refractivity contribution is 5.79. The van der Waals surface area contributed by atoms with Gasteiger partial charge in [-0.15, -0.1) is 0 Å². The van der Waals surface area contributed by atoms with Crippen molar-refractivity contribution in [3.8, 4) is 11.1 Å². The average molecular weight is 508 g/mol. The number of carbonyl (C=O) groups is 1. The van der Waals surface area contributed by atoms with E-state index in [9.17, 15) is 23.1 Å². The largest absolute Gasteiger partial charge is 0.448 e. The normalized spacial score (nSPS) is 24.5. The first-order valence-corrected chi connectivity index (χ1v) is 12.8. The third-order valence-electron chi connectivity index (χ3n) is 8.28. The first-order chi connectivity index (χ1) is 17.8. The lowest BCUT2D eigenvalue weighted by Crippen LogP contribution is -2.60. The van der Waals surface area contributed by atoms with Crippen molar-refractivity contribution >= 4 is 6.09 Å². The number of nitrogens with zero attached hydrogens (tertiary/aromatic N) is 1. The number of rotatable bonds is 4. The van der Waals surface area contributed by atoms with Gasteiger partial charge in [0.25, 0.3) is 0 Å². The molecule has 1 N–H and O–H groups in total. The molecule has 0 radical (unpaired) electrons. The molecule has 2 fully saturated rings. The van der Waals surface area contributed by atoms with Crippen LogP contribution < -0.4 is 0 Å². The highest BCUT2D eigenvalue weighted by atomic mass is 19.2. The van der Waals surface area contributed by atoms with Crippen LogP contribution in [0.5, 0.6) is 0 Å². The number of carbonyl (C=O) groups excluding carboxylic acids is 1. The number of halogens is 3. The summed E-state index contributed by atoms with van der Waals surface area (Å²) in [5.74, 6) is -3.35. The zero-order valence-corrected chi connectivity index (χ0v) is 20.3. The summed E-state index contributed by atoms with van der Waals surface area (Å²) in [5, 5.41) is 11.4. The summed E-state index contributed by atoms with van der Waals surface area (Å²) in [6.45, 7) is 0.201. The molecule has 0 aromatic heterocycles. The number of amides is 1. The van der Waals surface area contributed by atoms with Crippen molar-refractivity contribution in [2.75, 3.05) is 6.61 Å². The van der Waals surface area contributed by atoms with Crippen molar-refractivity contribution in [3.63, 3.8) is 0 Å². The van der Waals surface area contributed by atoms with Crippen molar-refractivity contribution in [3.05, 3.63) is 94.8 Å². The number of hydrogen-bond acceptors (Lipinski definition) is 3. The van der Waals surface area contributed by atoms with E-state index in [1.165, 1.54) is 0 Å². The molecule has 7 heteroatoms. The second-order valence-electron chi connectivity index (χ2n) is 10.6. The predicted molar refractivity (Wildman–Crippen MR) is 133 cm³/mol. The summed E-state index contributed by atoms with van der Waals surface area (Å²) in [7, 11) is 0. The van der Waals surface area contributed by atoms with Crippen molar-refractivity contribution in [2.24, 2.45) is 0 Å². The van der Waals surface area contributed by atoms with Gasteiger partial charge in [-0.25, -0.2) is 18.0 Å². The molecule has 2 bridgehead atoms. The minimum absolute atomic E-state index is 0.0585. The molecule has 2 saturated heterocycles. The zero-order valence-electron chi connectivity index (χ0n) is 20.3. The van der Waals surface area contributed by atoms with Gasteiger partial charge in [-0.2, -0.15) is 0 Å². The Hall–Kier alpha value is -3.32. The molecule has 4 nitrogen and oxygen atoms in total. The molecule has 3 aromatic rings. The van der Waals surface area contributed by atoms with Crippen molar-refractivity contribution in [2.45, 2.75) is 62.1 Å². The molecular weight excluding hydrogens is 479 g/mol. The standard InChI is InChI=1S/C30H28F3NO3/c31-26-12-13-27(32)28(33)24(26)16-30(36)14-18-6-5-7-19(15-30)34(18)29(35)37-17-25-22-10-3-1-8-20(22)21-9-2-4-11-23(21)25/h1-4,8-13,18-19,25,36H,5-7,14-17H2. The molecule has 2 unspecified atom stereocenters. The van der Waals surface area contributed by atoms with E-state index in [2.05, 4.69) is 24.3 Å². The summed E-state index contributed by atoms with van der Waals surface area (Å²) in [6, 6.07) is 17.3. The second-order valence-corrected chi connectivity index (χ2v) is 10.6. The Morgan fingerprint density at radius 2 is 1.46 bits per heavy atom. The van der Waals surface area contributed by atoms with Crippen LogP contribution in [0.15, 0.2) is 60.7 Å². The third kappa shape index (κ3) is 4.19. The first-order valence-electron chi connectivity index (χ1n) is 12.8. The molecule has 2 atom stereocenters. The molecule has 192 valence electrons. The lowest BCUT2D eigenvalue weighted by molar-refractivity contribution is -0.0847. The maximum atomic E-state index is 14.3. The third-order valence-corrected chi connectivity index (χ3v) is 8.28. The molecule has 2 heterocycles. The van der Waals surface area contributed by atoms with E-state index in [1.807, 2.05) is 24.3 Å². The minimum atomic E-state index is -1.44. The summed E-state index contributed by atoms with van der Waals surface area (Å²) < 4.78 is 48.3. The van der Waals surface area contributed by atoms with Crippen molar-refractivity contribution in [1.82, 2.24) is 4.90 Å². The van der Waals surface area contributed by atoms with Gasteiger partial charge in [0, 0.05) is 30.0 Å². The van der Waals surface area contributed by atoms with Crippen molar-refractivity contribution < 1.29 is 27.8 Å². The monoisotopic (exact) mass is 507 g/mol. The molecule has 0 saturated carbocycles. The zero-order chi connectivity index (χ0) is 25.7. The van der Waals surface area contributed by atoms with E-state index < -0.39 is 34.7 Å². The van der Waals surface area contributed by atoms with E-state index in [4.69, 9.17) is 4.74 Å². The highest BCUT2D eigenvalue weighted by Crippen LogP contribution is 2.45. The van der Waals surface area contributed by atoms with Crippen LogP contribution in [0, 0.1) is 17.5 Å². The van der Waals surface area contributed by atoms with E-state index in [0.717, 1.165) is 40.8 Å². The fourth-order valence-electron chi connectivity index (χ4n) is 6.70. The van der Waals surface area contributed by atoms with Gasteiger partial charge in [0.15, 0.2) is 11.6 Å². The molecule has 37 heavy (non-hydrogen) atoms. The van der Waals surface area contributed by atoms with E-state index in [0.29, 0.717) is 12.8 Å². The van der Waals surface area contributed by atoms with Gasteiger partial charge in [-0.1, -0.05) is 48.5 Å². The Bertz CT molecular complexity index is 1300. The lowest BCUT2D eigenvalue weighted by Gasteiger charge is -2.51. The Morgan fingerprint density at radius 1 is 0.892 bits per heavy atom. The molecule has 1 amide bonds. The van der Waals surface area contributed by atoms with Gasteiger partial charge in [0.05, 0.1) is 5.60 Å².